The summed E-state index contributed by atoms with van der Waals surface area (Å²) in [6, 6.07) is 4.47. The number of ether oxygens (including phenoxy) is 4. The van der Waals surface area contributed by atoms with E-state index in [0.717, 1.165) is 51.7 Å². The molecule has 0 radical (unpaired) electrons. The van der Waals surface area contributed by atoms with Gasteiger partial charge in [-0.3, -0.25) is 0 Å². The van der Waals surface area contributed by atoms with Gasteiger partial charge in [0.15, 0.2) is 12.6 Å². The minimum Gasteiger partial charge on any atom is -0.353 e. The Morgan fingerprint density at radius 2 is 1.55 bits per heavy atom. The van der Waals surface area contributed by atoms with E-state index in [1.165, 1.54) is 37.5 Å². The molecule has 4 heterocycles. The highest BCUT2D eigenvalue weighted by atomic mass is 79.9. The Labute approximate surface area is 189 Å². The molecule has 2 aliphatic rings. The number of hydrogen-bond acceptors (Lipinski definition) is 6. The van der Waals surface area contributed by atoms with Gasteiger partial charge in [-0.15, -0.1) is 22.7 Å². The number of hydrogen-bond donors (Lipinski definition) is 0. The summed E-state index contributed by atoms with van der Waals surface area (Å²) in [5, 5.41) is 2.19. The summed E-state index contributed by atoms with van der Waals surface area (Å²) in [5.74, 6) is 0. The molecule has 2 saturated heterocycles. The molecular formula is C22H29BrO4S2. The van der Waals surface area contributed by atoms with Gasteiger partial charge in [0.2, 0.25) is 0 Å². The topological polar surface area (TPSA) is 36.9 Å². The molecule has 2 unspecified atom stereocenters. The SMILES string of the molecule is Brc1cc(CCOC2CCCCO2)c(-c2sccc2CCOC2CCCCO2)s1. The summed E-state index contributed by atoms with van der Waals surface area (Å²) >= 11 is 7.31. The number of thiophene rings is 2. The van der Waals surface area contributed by atoms with E-state index in [2.05, 4.69) is 33.4 Å². The zero-order valence-corrected chi connectivity index (χ0v) is 19.9. The monoisotopic (exact) mass is 500 g/mol. The predicted molar refractivity (Wildman–Crippen MR) is 122 cm³/mol. The van der Waals surface area contributed by atoms with Gasteiger partial charge in [0.1, 0.15) is 0 Å². The van der Waals surface area contributed by atoms with Crippen LogP contribution in [0, 0.1) is 0 Å². The quantitative estimate of drug-likeness (QED) is 0.398. The third kappa shape index (κ3) is 6.35. The molecule has 2 aromatic rings. The first-order chi connectivity index (χ1) is 14.3. The molecule has 2 fully saturated rings. The smallest absolute Gasteiger partial charge is 0.157 e. The van der Waals surface area contributed by atoms with E-state index in [1.54, 1.807) is 0 Å². The molecule has 0 bridgehead atoms. The minimum atomic E-state index is -0.0225. The molecular weight excluding hydrogens is 472 g/mol. The Balaban J connectivity index is 1.33. The molecule has 7 heteroatoms. The summed E-state index contributed by atoms with van der Waals surface area (Å²) in [5.41, 5.74) is 2.70. The second-order valence-electron chi connectivity index (χ2n) is 7.51. The van der Waals surface area contributed by atoms with Crippen LogP contribution in [0.15, 0.2) is 21.3 Å². The van der Waals surface area contributed by atoms with E-state index < -0.39 is 0 Å². The fraction of sp³-hybridized carbons (Fsp3) is 0.636. The lowest BCUT2D eigenvalue weighted by molar-refractivity contribution is -0.161. The molecule has 2 atom stereocenters. The van der Waals surface area contributed by atoms with Crippen LogP contribution in [-0.4, -0.2) is 39.0 Å². The molecule has 0 spiro atoms. The second kappa shape index (κ2) is 11.4. The zero-order valence-electron chi connectivity index (χ0n) is 16.7. The molecule has 29 heavy (non-hydrogen) atoms. The maximum atomic E-state index is 5.97. The maximum absolute atomic E-state index is 5.97. The standard InChI is InChI=1S/C22H29BrO4S2/c23-18-15-17(8-13-27-20-6-2-4-11-25-20)22(29-18)21-16(9-14-28-21)7-12-26-19-5-1-3-10-24-19/h9,14-15,19-20H,1-8,10-13H2. The van der Waals surface area contributed by atoms with Gasteiger partial charge in [0.05, 0.1) is 17.0 Å². The summed E-state index contributed by atoms with van der Waals surface area (Å²) in [6.45, 7) is 3.06. The van der Waals surface area contributed by atoms with Crippen molar-refractivity contribution in [3.05, 3.63) is 32.4 Å². The maximum Gasteiger partial charge on any atom is 0.157 e. The van der Waals surface area contributed by atoms with Crippen LogP contribution in [-0.2, 0) is 31.8 Å². The van der Waals surface area contributed by atoms with Crippen LogP contribution in [0.4, 0.5) is 0 Å². The first-order valence-corrected chi connectivity index (χ1v) is 13.1. The molecule has 0 amide bonds. The molecule has 2 aromatic heterocycles. The van der Waals surface area contributed by atoms with Gasteiger partial charge in [-0.2, -0.15) is 0 Å². The van der Waals surface area contributed by atoms with E-state index >= 15 is 0 Å². The Kier molecular flexibility index (Phi) is 8.60. The first-order valence-electron chi connectivity index (χ1n) is 10.6. The van der Waals surface area contributed by atoms with Gasteiger partial charge in [0, 0.05) is 23.0 Å². The van der Waals surface area contributed by atoms with Gasteiger partial charge >= 0.3 is 0 Å². The van der Waals surface area contributed by atoms with Crippen molar-refractivity contribution < 1.29 is 18.9 Å². The highest BCUT2D eigenvalue weighted by Crippen LogP contribution is 2.41. The third-order valence-corrected chi connectivity index (χ3v) is 8.16. The van der Waals surface area contributed by atoms with E-state index in [0.29, 0.717) is 13.2 Å². The van der Waals surface area contributed by atoms with E-state index in [1.807, 2.05) is 22.7 Å². The lowest BCUT2D eigenvalue weighted by Gasteiger charge is -2.22. The molecule has 160 valence electrons. The normalized spacial score (nSPS) is 22.8. The van der Waals surface area contributed by atoms with Crippen LogP contribution in [0.3, 0.4) is 0 Å². The average molecular weight is 502 g/mol. The third-order valence-electron chi connectivity index (χ3n) is 5.36. The van der Waals surface area contributed by atoms with Crippen LogP contribution in [0.25, 0.3) is 9.75 Å². The predicted octanol–water partition coefficient (Wildman–Crippen LogP) is 6.41. The van der Waals surface area contributed by atoms with Crippen molar-refractivity contribution >= 4 is 38.6 Å². The highest BCUT2D eigenvalue weighted by molar-refractivity contribution is 9.11. The molecule has 0 aromatic carbocycles. The van der Waals surface area contributed by atoms with Crippen LogP contribution in [0.5, 0.6) is 0 Å². The summed E-state index contributed by atoms with van der Waals surface area (Å²) in [7, 11) is 0. The van der Waals surface area contributed by atoms with Crippen LogP contribution < -0.4 is 0 Å². The van der Waals surface area contributed by atoms with Gasteiger partial charge in [0.25, 0.3) is 0 Å². The Hall–Kier alpha value is -0.280. The highest BCUT2D eigenvalue weighted by Gasteiger charge is 2.18. The molecule has 0 saturated carbocycles. The van der Waals surface area contributed by atoms with E-state index in [4.69, 9.17) is 18.9 Å². The second-order valence-corrected chi connectivity index (χ2v) is 10.9. The number of halogens is 1. The average Bonchev–Trinajstić information content (AvgIpc) is 3.35. The van der Waals surface area contributed by atoms with Gasteiger partial charge in [-0.05, 0) is 95.9 Å². The summed E-state index contributed by atoms with van der Waals surface area (Å²) in [6.07, 6.45) is 8.52. The van der Waals surface area contributed by atoms with Gasteiger partial charge in [-0.25, -0.2) is 0 Å². The van der Waals surface area contributed by atoms with Crippen LogP contribution in [0.1, 0.15) is 49.7 Å². The van der Waals surface area contributed by atoms with E-state index in [-0.39, 0.29) is 12.6 Å². The van der Waals surface area contributed by atoms with Crippen LogP contribution >= 0.6 is 38.6 Å². The fourth-order valence-corrected chi connectivity index (χ4v) is 6.66. The van der Waals surface area contributed by atoms with Crippen molar-refractivity contribution in [2.75, 3.05) is 26.4 Å². The van der Waals surface area contributed by atoms with Crippen molar-refractivity contribution in [1.29, 1.82) is 0 Å². The Morgan fingerprint density at radius 3 is 2.17 bits per heavy atom. The Bertz CT molecular complexity index is 748. The zero-order chi connectivity index (χ0) is 19.9. The fourth-order valence-electron chi connectivity index (χ4n) is 3.79. The first kappa shape index (κ1) is 21.9. The lowest BCUT2D eigenvalue weighted by atomic mass is 10.1. The molecule has 4 nitrogen and oxygen atoms in total. The van der Waals surface area contributed by atoms with Crippen molar-refractivity contribution in [2.45, 2.75) is 63.9 Å². The minimum absolute atomic E-state index is 0.0172. The largest absolute Gasteiger partial charge is 0.353 e. The molecule has 4 rings (SSSR count). The molecule has 2 aliphatic heterocycles. The molecule has 0 aliphatic carbocycles. The van der Waals surface area contributed by atoms with Crippen molar-refractivity contribution in [2.24, 2.45) is 0 Å². The lowest BCUT2D eigenvalue weighted by Crippen LogP contribution is -2.23. The van der Waals surface area contributed by atoms with Crippen molar-refractivity contribution in [3.63, 3.8) is 0 Å². The van der Waals surface area contributed by atoms with Gasteiger partial charge in [-0.1, -0.05) is 0 Å². The summed E-state index contributed by atoms with van der Waals surface area (Å²) in [4.78, 5) is 2.71. The van der Waals surface area contributed by atoms with Crippen molar-refractivity contribution in [1.82, 2.24) is 0 Å². The number of rotatable bonds is 9. The van der Waals surface area contributed by atoms with E-state index in [9.17, 15) is 0 Å². The van der Waals surface area contributed by atoms with Gasteiger partial charge < -0.3 is 18.9 Å². The Morgan fingerprint density at radius 1 is 0.897 bits per heavy atom. The van der Waals surface area contributed by atoms with Crippen molar-refractivity contribution in [3.8, 4) is 9.75 Å². The molecule has 0 N–H and O–H groups in total. The van der Waals surface area contributed by atoms with Crippen LogP contribution in [0.2, 0.25) is 0 Å². The summed E-state index contributed by atoms with van der Waals surface area (Å²) < 4.78 is 24.5.